The molecule has 28 heavy (non-hydrogen) atoms. The maximum atomic E-state index is 11.1. The minimum atomic E-state index is -0.952. The fourth-order valence-electron chi connectivity index (χ4n) is 4.92. The topological polar surface area (TPSA) is 94.0 Å². The molecular formula is C20H30ClN4O3+. The number of benzene rings is 1. The average molecular weight is 410 g/mol. The lowest BCUT2D eigenvalue weighted by Gasteiger charge is -2.34. The van der Waals surface area contributed by atoms with Gasteiger partial charge in [-0.15, -0.1) is 0 Å². The summed E-state index contributed by atoms with van der Waals surface area (Å²) in [6.45, 7) is 2.64. The summed E-state index contributed by atoms with van der Waals surface area (Å²) in [5, 5.41) is 24.5. The maximum absolute atomic E-state index is 11.1. The van der Waals surface area contributed by atoms with Crippen LogP contribution in [0, 0.1) is 5.92 Å². The van der Waals surface area contributed by atoms with E-state index in [4.69, 9.17) is 22.1 Å². The molecule has 3 heterocycles. The van der Waals surface area contributed by atoms with Gasteiger partial charge in [-0.25, -0.2) is 4.90 Å². The van der Waals surface area contributed by atoms with E-state index in [1.165, 1.54) is 0 Å². The highest BCUT2D eigenvalue weighted by molar-refractivity contribution is 6.30. The van der Waals surface area contributed by atoms with Gasteiger partial charge in [-0.1, -0.05) is 17.7 Å². The van der Waals surface area contributed by atoms with Crippen molar-refractivity contribution in [2.45, 2.75) is 63.1 Å². The smallest absolute Gasteiger partial charge is 0.234 e. The van der Waals surface area contributed by atoms with Crippen molar-refractivity contribution in [2.24, 2.45) is 11.7 Å². The number of nitrogens with zero attached hydrogens (tertiary/aromatic N) is 2. The van der Waals surface area contributed by atoms with Crippen molar-refractivity contribution in [3.8, 4) is 0 Å². The number of hydrogen-bond donors (Lipinski definition) is 4. The van der Waals surface area contributed by atoms with Crippen molar-refractivity contribution < 1.29 is 19.5 Å². The SMILES string of the molecule is C[N+]1=CNC(N)C2CCN([C@H]3C[C@](C)(O)[C@@H](Cc4ccc(Cl)cc4CO)O3)C21. The van der Waals surface area contributed by atoms with Crippen LogP contribution in [0.25, 0.3) is 0 Å². The Hall–Kier alpha value is -1.22. The summed E-state index contributed by atoms with van der Waals surface area (Å²) in [5.74, 6) is 0.319. The van der Waals surface area contributed by atoms with Gasteiger partial charge in [0.2, 0.25) is 6.34 Å². The number of aliphatic hydroxyl groups excluding tert-OH is 1. The third kappa shape index (κ3) is 3.56. The Morgan fingerprint density at radius 1 is 1.43 bits per heavy atom. The summed E-state index contributed by atoms with van der Waals surface area (Å²) >= 11 is 6.05. The van der Waals surface area contributed by atoms with E-state index in [1.54, 1.807) is 6.07 Å². The largest absolute Gasteiger partial charge is 0.392 e. The molecule has 2 fully saturated rings. The standard InChI is InChI=1S/C20H29ClN4O3/c1-20(27)9-17(25-6-5-15-18(22)23-11-24(2)19(15)25)28-16(20)8-12-3-4-14(21)7-13(12)10-26/h3-4,7,11,15-19,26-27H,5-6,8-10,22H2,1-2H3/p+1/t15?,16-,17-,18?,19?,20+/m1/s1. The zero-order chi connectivity index (χ0) is 20.1. The number of likely N-dealkylation sites (tertiary alicyclic amines) is 1. The highest BCUT2D eigenvalue weighted by atomic mass is 35.5. The Labute approximate surface area is 170 Å². The van der Waals surface area contributed by atoms with Gasteiger partial charge in [-0.2, -0.15) is 0 Å². The summed E-state index contributed by atoms with van der Waals surface area (Å²) in [4.78, 5) is 2.32. The summed E-state index contributed by atoms with van der Waals surface area (Å²) in [6, 6.07) is 5.48. The number of ether oxygens (including phenoxy) is 1. The lowest BCUT2D eigenvalue weighted by Crippen LogP contribution is -2.59. The highest BCUT2D eigenvalue weighted by Gasteiger charge is 2.53. The number of aliphatic hydroxyl groups is 2. The van der Waals surface area contributed by atoms with Crippen molar-refractivity contribution in [2.75, 3.05) is 13.6 Å². The van der Waals surface area contributed by atoms with Gasteiger partial charge in [0.1, 0.15) is 6.23 Å². The molecule has 3 aliphatic heterocycles. The van der Waals surface area contributed by atoms with Crippen molar-refractivity contribution in [1.29, 1.82) is 0 Å². The van der Waals surface area contributed by atoms with Gasteiger partial charge in [0.25, 0.3) is 0 Å². The molecule has 0 spiro atoms. The third-order valence-electron chi connectivity index (χ3n) is 6.51. The van der Waals surface area contributed by atoms with Crippen molar-refractivity contribution >= 4 is 17.9 Å². The van der Waals surface area contributed by atoms with Gasteiger partial charge in [0.15, 0.2) is 12.3 Å². The van der Waals surface area contributed by atoms with Gasteiger partial charge in [0.05, 0.1) is 31.3 Å². The number of hydrogen-bond acceptors (Lipinski definition) is 6. The zero-order valence-electron chi connectivity index (χ0n) is 16.4. The Balaban J connectivity index is 1.52. The first-order chi connectivity index (χ1) is 13.3. The van der Waals surface area contributed by atoms with Crippen LogP contribution in [0.3, 0.4) is 0 Å². The Morgan fingerprint density at radius 3 is 2.96 bits per heavy atom. The summed E-state index contributed by atoms with van der Waals surface area (Å²) < 4.78 is 8.53. The van der Waals surface area contributed by atoms with Crippen molar-refractivity contribution in [1.82, 2.24) is 10.2 Å². The molecule has 0 bridgehead atoms. The predicted molar refractivity (Wildman–Crippen MR) is 107 cm³/mol. The molecule has 5 N–H and O–H groups in total. The molecule has 2 saturated heterocycles. The molecule has 0 radical (unpaired) electrons. The molecule has 0 amide bonds. The molecule has 3 aliphatic rings. The van der Waals surface area contributed by atoms with E-state index < -0.39 is 5.60 Å². The van der Waals surface area contributed by atoms with Crippen LogP contribution in [-0.4, -0.2) is 69.9 Å². The van der Waals surface area contributed by atoms with Crippen molar-refractivity contribution in [3.05, 3.63) is 34.3 Å². The molecular weight excluding hydrogens is 380 g/mol. The number of fused-ring (bicyclic) bond motifs is 1. The minimum absolute atomic E-state index is 0.0647. The lowest BCUT2D eigenvalue weighted by molar-refractivity contribution is -0.576. The fraction of sp³-hybridized carbons (Fsp3) is 0.650. The molecule has 0 aromatic heterocycles. The van der Waals surface area contributed by atoms with E-state index in [1.807, 2.05) is 32.4 Å². The molecule has 1 aromatic rings. The first kappa shape index (κ1) is 20.1. The molecule has 8 heteroatoms. The third-order valence-corrected chi connectivity index (χ3v) is 6.74. The van der Waals surface area contributed by atoms with E-state index in [2.05, 4.69) is 14.8 Å². The average Bonchev–Trinajstić information content (AvgIpc) is 3.22. The number of nitrogens with one attached hydrogen (secondary N) is 1. The Morgan fingerprint density at radius 2 is 2.21 bits per heavy atom. The maximum Gasteiger partial charge on any atom is 0.234 e. The molecule has 4 rings (SSSR count). The molecule has 1 aromatic carbocycles. The summed E-state index contributed by atoms with van der Waals surface area (Å²) in [6.07, 6.45) is 3.57. The first-order valence-electron chi connectivity index (χ1n) is 9.89. The van der Waals surface area contributed by atoms with Gasteiger partial charge in [-0.05, 0) is 36.6 Å². The van der Waals surface area contributed by atoms with E-state index in [9.17, 15) is 10.2 Å². The molecule has 154 valence electrons. The lowest BCUT2D eigenvalue weighted by atomic mass is 9.91. The van der Waals surface area contributed by atoms with E-state index in [0.717, 1.165) is 24.1 Å². The summed E-state index contributed by atoms with van der Waals surface area (Å²) in [7, 11) is 2.04. The van der Waals surface area contributed by atoms with Crippen molar-refractivity contribution in [3.63, 3.8) is 0 Å². The normalized spacial score (nSPS) is 38.2. The number of rotatable bonds is 4. The van der Waals surface area contributed by atoms with E-state index in [-0.39, 0.29) is 31.3 Å². The highest BCUT2D eigenvalue weighted by Crippen LogP contribution is 2.39. The minimum Gasteiger partial charge on any atom is -0.392 e. The fourth-order valence-corrected chi connectivity index (χ4v) is 5.11. The van der Waals surface area contributed by atoms with Crippen LogP contribution in [0.15, 0.2) is 18.2 Å². The second kappa shape index (κ2) is 7.55. The van der Waals surface area contributed by atoms with Crippen LogP contribution in [0.4, 0.5) is 0 Å². The number of halogens is 1. The first-order valence-corrected chi connectivity index (χ1v) is 10.3. The molecule has 6 atom stereocenters. The van der Waals surface area contributed by atoms with Crippen LogP contribution in [0.1, 0.15) is 30.9 Å². The van der Waals surface area contributed by atoms with E-state index in [0.29, 0.717) is 23.8 Å². The van der Waals surface area contributed by atoms with Crippen LogP contribution in [-0.2, 0) is 17.8 Å². The summed E-state index contributed by atoms with van der Waals surface area (Å²) in [5.41, 5.74) is 7.02. The Kier molecular flexibility index (Phi) is 5.41. The molecule has 0 aliphatic carbocycles. The van der Waals surface area contributed by atoms with Crippen LogP contribution < -0.4 is 11.1 Å². The van der Waals surface area contributed by atoms with Gasteiger partial charge in [-0.3, -0.25) is 15.6 Å². The molecule has 7 nitrogen and oxygen atoms in total. The zero-order valence-corrected chi connectivity index (χ0v) is 17.1. The van der Waals surface area contributed by atoms with Crippen LogP contribution in [0.5, 0.6) is 0 Å². The Bertz CT molecular complexity index is 772. The molecule has 3 unspecified atom stereocenters. The van der Waals surface area contributed by atoms with Gasteiger partial charge in [0, 0.05) is 24.4 Å². The van der Waals surface area contributed by atoms with E-state index >= 15 is 0 Å². The second-order valence-corrected chi connectivity index (χ2v) is 8.94. The van der Waals surface area contributed by atoms with Crippen LogP contribution in [0.2, 0.25) is 5.02 Å². The van der Waals surface area contributed by atoms with Gasteiger partial charge >= 0.3 is 0 Å². The van der Waals surface area contributed by atoms with Gasteiger partial charge < -0.3 is 14.9 Å². The molecule has 0 saturated carbocycles. The monoisotopic (exact) mass is 409 g/mol. The number of nitrogens with two attached hydrogens (primary N) is 1. The van der Waals surface area contributed by atoms with Crippen LogP contribution >= 0.6 is 11.6 Å². The second-order valence-electron chi connectivity index (χ2n) is 8.51. The quantitative estimate of drug-likeness (QED) is 0.539. The predicted octanol–water partition coefficient (Wildman–Crippen LogP) is 0.447.